The molecule has 0 atom stereocenters. The van der Waals surface area contributed by atoms with E-state index in [1.807, 2.05) is 37.3 Å². The molecule has 1 amide bonds. The molecule has 1 saturated heterocycles. The van der Waals surface area contributed by atoms with Crippen molar-refractivity contribution < 1.29 is 32.3 Å². The van der Waals surface area contributed by atoms with Crippen molar-refractivity contribution in [2.75, 3.05) is 37.4 Å². The van der Waals surface area contributed by atoms with Crippen molar-refractivity contribution in [2.45, 2.75) is 57.8 Å². The largest absolute Gasteiger partial charge is 0.481 e. The third-order valence-electron chi connectivity index (χ3n) is 8.26. The molecule has 220 valence electrons. The highest BCUT2D eigenvalue weighted by Crippen LogP contribution is 2.47. The van der Waals surface area contributed by atoms with Gasteiger partial charge in [-0.2, -0.15) is 4.98 Å². The molecule has 0 spiro atoms. The minimum Gasteiger partial charge on any atom is -0.481 e. The van der Waals surface area contributed by atoms with E-state index >= 15 is 0 Å². The summed E-state index contributed by atoms with van der Waals surface area (Å²) in [7, 11) is -2.17. The first-order chi connectivity index (χ1) is 19.5. The second-order valence-electron chi connectivity index (χ2n) is 11.4. The zero-order valence-electron chi connectivity index (χ0n) is 23.7. The molecule has 0 bridgehead atoms. The number of carboxylic acids is 1. The number of nitrogens with one attached hydrogen (secondary N) is 1. The van der Waals surface area contributed by atoms with Gasteiger partial charge in [-0.25, -0.2) is 8.42 Å². The predicted molar refractivity (Wildman–Crippen MR) is 156 cm³/mol. The molecule has 3 aromatic rings. The van der Waals surface area contributed by atoms with Gasteiger partial charge >= 0.3 is 5.97 Å². The molecule has 0 radical (unpaired) electrons. The summed E-state index contributed by atoms with van der Waals surface area (Å²) < 4.78 is 39.3. The van der Waals surface area contributed by atoms with Crippen molar-refractivity contribution >= 4 is 38.8 Å². The number of carboxylic acid groups (broad SMARTS) is 1. The van der Waals surface area contributed by atoms with Gasteiger partial charge in [0.1, 0.15) is 11.6 Å². The number of hydrogen-bond acceptors (Lipinski definition) is 7. The van der Waals surface area contributed by atoms with Crippen LogP contribution in [0, 0.1) is 12.3 Å². The number of nitrogens with zero attached hydrogens (tertiary/aromatic N) is 2. The molecule has 3 heterocycles. The Morgan fingerprint density at radius 3 is 2.44 bits per heavy atom. The maximum Gasteiger partial charge on any atom is 0.303 e. The first-order valence-corrected chi connectivity index (χ1v) is 15.9. The lowest BCUT2D eigenvalue weighted by Gasteiger charge is -2.36. The van der Waals surface area contributed by atoms with Gasteiger partial charge in [-0.15, -0.1) is 0 Å². The SMILES string of the molecule is CNC(=O)c1c(-c2ccc(C)cc2)oc2nc(N(CCCC3(CC(=O)O)CCOCC3)S(C)(=O)=O)c(C3CC3)cc12. The van der Waals surface area contributed by atoms with Gasteiger partial charge in [0, 0.05) is 32.4 Å². The smallest absolute Gasteiger partial charge is 0.303 e. The summed E-state index contributed by atoms with van der Waals surface area (Å²) in [4.78, 5) is 29.5. The highest BCUT2D eigenvalue weighted by atomic mass is 32.2. The summed E-state index contributed by atoms with van der Waals surface area (Å²) in [5.41, 5.74) is 2.71. The lowest BCUT2D eigenvalue weighted by atomic mass is 9.74. The molecule has 1 aliphatic carbocycles. The number of hydrogen-bond donors (Lipinski definition) is 2. The number of rotatable bonds is 11. The van der Waals surface area contributed by atoms with Gasteiger partial charge in [-0.3, -0.25) is 13.9 Å². The van der Waals surface area contributed by atoms with Gasteiger partial charge in [0.15, 0.2) is 0 Å². The van der Waals surface area contributed by atoms with Crippen LogP contribution in [0.15, 0.2) is 34.7 Å². The van der Waals surface area contributed by atoms with Gasteiger partial charge in [-0.05, 0) is 68.4 Å². The van der Waals surface area contributed by atoms with E-state index in [0.717, 1.165) is 35.8 Å². The Hall–Kier alpha value is -3.44. The van der Waals surface area contributed by atoms with Crippen LogP contribution in [0.1, 0.15) is 72.3 Å². The molecular weight excluding hydrogens is 546 g/mol. The summed E-state index contributed by atoms with van der Waals surface area (Å²) in [6, 6.07) is 9.50. The number of carbonyl (C=O) groups is 2. The van der Waals surface area contributed by atoms with Gasteiger partial charge in [0.25, 0.3) is 5.91 Å². The highest BCUT2D eigenvalue weighted by molar-refractivity contribution is 7.92. The number of benzene rings is 1. The van der Waals surface area contributed by atoms with E-state index in [9.17, 15) is 23.1 Å². The number of aromatic nitrogens is 1. The van der Waals surface area contributed by atoms with Crippen LogP contribution in [-0.2, 0) is 19.6 Å². The van der Waals surface area contributed by atoms with Crippen LogP contribution in [0.3, 0.4) is 0 Å². The van der Waals surface area contributed by atoms with E-state index in [-0.39, 0.29) is 30.5 Å². The Morgan fingerprint density at radius 2 is 1.85 bits per heavy atom. The minimum absolute atomic E-state index is 0.0310. The van der Waals surface area contributed by atoms with Gasteiger partial charge in [-0.1, -0.05) is 29.8 Å². The minimum atomic E-state index is -3.73. The normalized spacial score (nSPS) is 17.0. The Bertz CT molecular complexity index is 1550. The fourth-order valence-corrected chi connectivity index (χ4v) is 6.77. The van der Waals surface area contributed by atoms with Crippen LogP contribution in [0.4, 0.5) is 5.82 Å². The third kappa shape index (κ3) is 6.25. The van der Waals surface area contributed by atoms with Crippen LogP contribution in [0.25, 0.3) is 22.4 Å². The van der Waals surface area contributed by atoms with Crippen molar-refractivity contribution in [3.05, 3.63) is 47.0 Å². The number of pyridine rings is 1. The maximum absolute atomic E-state index is 13.2. The highest BCUT2D eigenvalue weighted by Gasteiger charge is 2.37. The summed E-state index contributed by atoms with van der Waals surface area (Å²) in [6.45, 7) is 3.14. The van der Waals surface area contributed by atoms with Crippen LogP contribution in [0.2, 0.25) is 0 Å². The molecule has 10 nitrogen and oxygen atoms in total. The summed E-state index contributed by atoms with van der Waals surface area (Å²) in [5, 5.41) is 12.8. The molecule has 5 rings (SSSR count). The Balaban J connectivity index is 1.55. The monoisotopic (exact) mass is 583 g/mol. The molecule has 1 saturated carbocycles. The number of furan rings is 1. The third-order valence-corrected chi connectivity index (χ3v) is 9.42. The van der Waals surface area contributed by atoms with E-state index in [2.05, 4.69) is 5.32 Å². The fraction of sp³-hybridized carbons (Fsp3) is 0.500. The zero-order valence-corrected chi connectivity index (χ0v) is 24.6. The van der Waals surface area contributed by atoms with Crippen molar-refractivity contribution in [2.24, 2.45) is 5.41 Å². The van der Waals surface area contributed by atoms with Crippen molar-refractivity contribution in [3.8, 4) is 11.3 Å². The Kier molecular flexibility index (Phi) is 8.11. The number of aryl methyl sites for hydroxylation is 1. The number of ether oxygens (including phenoxy) is 1. The van der Waals surface area contributed by atoms with Gasteiger partial charge in [0.2, 0.25) is 15.7 Å². The van der Waals surface area contributed by atoms with Crippen molar-refractivity contribution in [3.63, 3.8) is 0 Å². The number of aliphatic carboxylic acids is 1. The number of anilines is 1. The standard InChI is InChI=1S/C30H37N3O7S/c1-19-5-7-21(8-6-19)26-25(28(36)31-2)23-17-22(20-9-10-20)27(32-29(23)40-26)33(41(3,37)38)14-4-11-30(18-24(34)35)12-15-39-16-13-30/h5-8,17,20H,4,9-16,18H2,1-3H3,(H,31,36)(H,34,35). The molecule has 2 aromatic heterocycles. The summed E-state index contributed by atoms with van der Waals surface area (Å²) >= 11 is 0. The Morgan fingerprint density at radius 1 is 1.17 bits per heavy atom. The van der Waals surface area contributed by atoms with Gasteiger partial charge in [0.05, 0.1) is 23.6 Å². The van der Waals surface area contributed by atoms with E-state index in [1.165, 1.54) is 4.31 Å². The molecule has 2 aliphatic rings. The molecule has 2 fully saturated rings. The van der Waals surface area contributed by atoms with Crippen LogP contribution < -0.4 is 9.62 Å². The van der Waals surface area contributed by atoms with Crippen LogP contribution in [-0.4, -0.2) is 63.4 Å². The first kappa shape index (κ1) is 29.1. The second-order valence-corrected chi connectivity index (χ2v) is 13.3. The lowest BCUT2D eigenvalue weighted by molar-refractivity contribution is -0.141. The molecular formula is C30H37N3O7S. The number of carbonyl (C=O) groups excluding carboxylic acids is 1. The molecule has 1 aliphatic heterocycles. The van der Waals surface area contributed by atoms with E-state index < -0.39 is 21.4 Å². The topological polar surface area (TPSA) is 139 Å². The molecule has 0 unspecified atom stereocenters. The summed E-state index contributed by atoms with van der Waals surface area (Å²) in [5.74, 6) is -0.337. The zero-order chi connectivity index (χ0) is 29.4. The van der Waals surface area contributed by atoms with Gasteiger partial charge < -0.3 is 19.6 Å². The van der Waals surface area contributed by atoms with E-state index in [0.29, 0.717) is 61.4 Å². The molecule has 1 aromatic carbocycles. The molecule has 41 heavy (non-hydrogen) atoms. The van der Waals surface area contributed by atoms with E-state index in [4.69, 9.17) is 14.1 Å². The average molecular weight is 584 g/mol. The Labute approximate surface area is 240 Å². The molecule has 11 heteroatoms. The lowest BCUT2D eigenvalue weighted by Crippen LogP contribution is -2.36. The van der Waals surface area contributed by atoms with Crippen molar-refractivity contribution in [1.82, 2.24) is 10.3 Å². The number of fused-ring (bicyclic) bond motifs is 1. The summed E-state index contributed by atoms with van der Waals surface area (Å²) in [6.07, 6.45) is 5.29. The van der Waals surface area contributed by atoms with Crippen molar-refractivity contribution in [1.29, 1.82) is 0 Å². The second kappa shape index (κ2) is 11.4. The fourth-order valence-electron chi connectivity index (χ4n) is 5.85. The van der Waals surface area contributed by atoms with E-state index in [1.54, 1.807) is 7.05 Å². The maximum atomic E-state index is 13.2. The quantitative estimate of drug-likeness (QED) is 0.326. The first-order valence-electron chi connectivity index (χ1n) is 14.1. The van der Waals surface area contributed by atoms with Crippen LogP contribution >= 0.6 is 0 Å². The predicted octanol–water partition coefficient (Wildman–Crippen LogP) is 4.86. The average Bonchev–Trinajstić information content (AvgIpc) is 3.70. The van der Waals surface area contributed by atoms with Crippen LogP contribution in [0.5, 0.6) is 0 Å². The molecule has 2 N–H and O–H groups in total. The number of amides is 1. The number of sulfonamides is 1.